The first kappa shape index (κ1) is 16.1. The summed E-state index contributed by atoms with van der Waals surface area (Å²) in [7, 11) is 0. The van der Waals surface area contributed by atoms with Gasteiger partial charge in [-0.05, 0) is 43.3 Å². The van der Waals surface area contributed by atoms with Crippen LogP contribution in [0.25, 0.3) is 0 Å². The number of benzene rings is 2. The normalized spacial score (nSPS) is 13.2. The predicted octanol–water partition coefficient (Wildman–Crippen LogP) is 3.25. The zero-order chi connectivity index (χ0) is 17.1. The number of esters is 1. The van der Waals surface area contributed by atoms with Crippen molar-refractivity contribution in [3.05, 3.63) is 53.1 Å². The van der Waals surface area contributed by atoms with Gasteiger partial charge in [0.1, 0.15) is 0 Å². The van der Waals surface area contributed by atoms with Crippen molar-refractivity contribution >= 4 is 29.2 Å². The van der Waals surface area contributed by atoms with E-state index in [0.717, 1.165) is 0 Å². The molecule has 0 saturated carbocycles. The van der Waals surface area contributed by atoms with Gasteiger partial charge in [0, 0.05) is 16.8 Å². The van der Waals surface area contributed by atoms with Crippen molar-refractivity contribution < 1.29 is 23.8 Å². The van der Waals surface area contributed by atoms with Gasteiger partial charge in [-0.25, -0.2) is 4.79 Å². The maximum absolute atomic E-state index is 12.2. The van der Waals surface area contributed by atoms with Crippen molar-refractivity contribution in [3.8, 4) is 11.5 Å². The Labute approximate surface area is 143 Å². The van der Waals surface area contributed by atoms with Crippen LogP contribution in [0.5, 0.6) is 11.5 Å². The van der Waals surface area contributed by atoms with Crippen LogP contribution in [0, 0.1) is 0 Å². The third-order valence-electron chi connectivity index (χ3n) is 3.37. The summed E-state index contributed by atoms with van der Waals surface area (Å²) in [5, 5.41) is 3.18. The van der Waals surface area contributed by atoms with Crippen molar-refractivity contribution in [2.24, 2.45) is 0 Å². The lowest BCUT2D eigenvalue weighted by Crippen LogP contribution is -2.30. The van der Waals surface area contributed by atoms with Crippen LogP contribution in [0.3, 0.4) is 0 Å². The monoisotopic (exact) mass is 347 g/mol. The Hall–Kier alpha value is -2.73. The average molecular weight is 348 g/mol. The summed E-state index contributed by atoms with van der Waals surface area (Å²) in [6.45, 7) is 1.65. The third-order valence-corrected chi connectivity index (χ3v) is 3.63. The Kier molecular flexibility index (Phi) is 4.57. The van der Waals surface area contributed by atoms with Gasteiger partial charge in [0.2, 0.25) is 6.79 Å². The first-order valence-electron chi connectivity index (χ1n) is 7.20. The summed E-state index contributed by atoms with van der Waals surface area (Å²) in [5.41, 5.74) is 0.848. The maximum atomic E-state index is 12.2. The Morgan fingerprint density at radius 2 is 1.83 bits per heavy atom. The Balaban J connectivity index is 1.60. The minimum absolute atomic E-state index is 0.155. The molecule has 2 aromatic rings. The molecular formula is C17H14ClNO5. The molecular weight excluding hydrogens is 334 g/mol. The summed E-state index contributed by atoms with van der Waals surface area (Å²) in [6.07, 6.45) is -0.960. The molecule has 124 valence electrons. The summed E-state index contributed by atoms with van der Waals surface area (Å²) in [4.78, 5) is 24.1. The highest BCUT2D eigenvalue weighted by Crippen LogP contribution is 2.34. The molecule has 0 aliphatic carbocycles. The number of amides is 1. The van der Waals surface area contributed by atoms with Crippen LogP contribution in [0.2, 0.25) is 5.02 Å². The summed E-state index contributed by atoms with van der Waals surface area (Å²) in [6, 6.07) is 11.3. The molecule has 1 aliphatic heterocycles. The zero-order valence-electron chi connectivity index (χ0n) is 12.7. The van der Waals surface area contributed by atoms with Crippen molar-refractivity contribution in [3.63, 3.8) is 0 Å². The van der Waals surface area contributed by atoms with E-state index in [4.69, 9.17) is 25.8 Å². The number of nitrogens with one attached hydrogen (secondary N) is 1. The van der Waals surface area contributed by atoms with Gasteiger partial charge in [-0.3, -0.25) is 4.79 Å². The van der Waals surface area contributed by atoms with E-state index in [1.165, 1.54) is 19.1 Å². The highest BCUT2D eigenvalue weighted by molar-refractivity contribution is 6.30. The molecule has 1 unspecified atom stereocenters. The van der Waals surface area contributed by atoms with Crippen molar-refractivity contribution in [2.45, 2.75) is 13.0 Å². The number of hydrogen-bond acceptors (Lipinski definition) is 5. The second kappa shape index (κ2) is 6.80. The van der Waals surface area contributed by atoms with E-state index in [1.807, 2.05) is 0 Å². The lowest BCUT2D eigenvalue weighted by Gasteiger charge is -2.14. The molecule has 1 N–H and O–H groups in total. The lowest BCUT2D eigenvalue weighted by atomic mass is 10.2. The van der Waals surface area contributed by atoms with Crippen LogP contribution >= 0.6 is 11.6 Å². The molecule has 2 aromatic carbocycles. The number of carbonyl (C=O) groups is 2. The Bertz CT molecular complexity index is 775. The predicted molar refractivity (Wildman–Crippen MR) is 87.5 cm³/mol. The number of fused-ring (bicyclic) bond motifs is 1. The third kappa shape index (κ3) is 3.60. The molecule has 1 amide bonds. The van der Waals surface area contributed by atoms with E-state index in [0.29, 0.717) is 27.8 Å². The SMILES string of the molecule is CC(OC(=O)c1ccc(Cl)cc1)C(=O)Nc1ccc2c(c1)OCO2. The highest BCUT2D eigenvalue weighted by atomic mass is 35.5. The first-order valence-corrected chi connectivity index (χ1v) is 7.58. The van der Waals surface area contributed by atoms with Crippen LogP contribution in [0.15, 0.2) is 42.5 Å². The fourth-order valence-electron chi connectivity index (χ4n) is 2.09. The number of rotatable bonds is 4. The van der Waals surface area contributed by atoms with E-state index in [1.54, 1.807) is 30.3 Å². The van der Waals surface area contributed by atoms with E-state index in [9.17, 15) is 9.59 Å². The second-order valence-corrected chi connectivity index (χ2v) is 5.55. The van der Waals surface area contributed by atoms with Crippen LogP contribution in [0.1, 0.15) is 17.3 Å². The van der Waals surface area contributed by atoms with Gasteiger partial charge in [-0.1, -0.05) is 11.6 Å². The highest BCUT2D eigenvalue weighted by Gasteiger charge is 2.20. The standard InChI is InChI=1S/C17H14ClNO5/c1-10(24-17(21)11-2-4-12(18)5-3-11)16(20)19-13-6-7-14-15(8-13)23-9-22-14/h2-8,10H,9H2,1H3,(H,19,20). The molecule has 0 fully saturated rings. The molecule has 0 saturated heterocycles. The smallest absolute Gasteiger partial charge is 0.338 e. The fraction of sp³-hybridized carbons (Fsp3) is 0.176. The van der Waals surface area contributed by atoms with Crippen LogP contribution in [-0.2, 0) is 9.53 Å². The molecule has 0 spiro atoms. The van der Waals surface area contributed by atoms with Crippen molar-refractivity contribution in [1.82, 2.24) is 0 Å². The van der Waals surface area contributed by atoms with E-state index in [2.05, 4.69) is 5.32 Å². The van der Waals surface area contributed by atoms with E-state index < -0.39 is 18.0 Å². The molecule has 1 heterocycles. The zero-order valence-corrected chi connectivity index (χ0v) is 13.5. The lowest BCUT2D eigenvalue weighted by molar-refractivity contribution is -0.123. The van der Waals surface area contributed by atoms with Gasteiger partial charge < -0.3 is 19.5 Å². The van der Waals surface area contributed by atoms with Gasteiger partial charge in [-0.15, -0.1) is 0 Å². The summed E-state index contributed by atoms with van der Waals surface area (Å²) >= 11 is 5.77. The molecule has 0 aromatic heterocycles. The number of hydrogen-bond donors (Lipinski definition) is 1. The van der Waals surface area contributed by atoms with E-state index >= 15 is 0 Å². The first-order chi connectivity index (χ1) is 11.5. The van der Waals surface area contributed by atoms with Crippen LogP contribution < -0.4 is 14.8 Å². The molecule has 6 nitrogen and oxygen atoms in total. The Morgan fingerprint density at radius 3 is 2.58 bits per heavy atom. The second-order valence-electron chi connectivity index (χ2n) is 5.11. The summed E-state index contributed by atoms with van der Waals surface area (Å²) < 4.78 is 15.6. The van der Waals surface area contributed by atoms with Crippen LogP contribution in [-0.4, -0.2) is 24.8 Å². The van der Waals surface area contributed by atoms with Gasteiger partial charge >= 0.3 is 5.97 Å². The van der Waals surface area contributed by atoms with Gasteiger partial charge in [0.25, 0.3) is 5.91 Å². The summed E-state index contributed by atoms with van der Waals surface area (Å²) in [5.74, 6) is 0.130. The van der Waals surface area contributed by atoms with Gasteiger partial charge in [0.05, 0.1) is 5.56 Å². The minimum Gasteiger partial charge on any atom is -0.454 e. The average Bonchev–Trinajstić information content (AvgIpc) is 3.03. The topological polar surface area (TPSA) is 73.9 Å². The van der Waals surface area contributed by atoms with Crippen molar-refractivity contribution in [1.29, 1.82) is 0 Å². The van der Waals surface area contributed by atoms with Gasteiger partial charge in [0.15, 0.2) is 17.6 Å². The molecule has 1 aliphatic rings. The number of halogens is 1. The van der Waals surface area contributed by atoms with Crippen molar-refractivity contribution in [2.75, 3.05) is 12.1 Å². The number of ether oxygens (including phenoxy) is 3. The number of anilines is 1. The maximum Gasteiger partial charge on any atom is 0.338 e. The van der Waals surface area contributed by atoms with Crippen LogP contribution in [0.4, 0.5) is 5.69 Å². The Morgan fingerprint density at radius 1 is 1.12 bits per heavy atom. The fourth-order valence-corrected chi connectivity index (χ4v) is 2.21. The molecule has 0 radical (unpaired) electrons. The number of carbonyl (C=O) groups excluding carboxylic acids is 2. The quantitative estimate of drug-likeness (QED) is 0.859. The minimum atomic E-state index is -0.960. The molecule has 24 heavy (non-hydrogen) atoms. The molecule has 1 atom stereocenters. The molecule has 0 bridgehead atoms. The largest absolute Gasteiger partial charge is 0.454 e. The van der Waals surface area contributed by atoms with Gasteiger partial charge in [-0.2, -0.15) is 0 Å². The molecule has 7 heteroatoms. The van der Waals surface area contributed by atoms with E-state index in [-0.39, 0.29) is 6.79 Å². The molecule has 3 rings (SSSR count).